The van der Waals surface area contributed by atoms with E-state index in [2.05, 4.69) is 27.9 Å². The van der Waals surface area contributed by atoms with Crippen molar-refractivity contribution >= 4 is 52.1 Å². The summed E-state index contributed by atoms with van der Waals surface area (Å²) in [5.74, 6) is -0.956. The van der Waals surface area contributed by atoms with Crippen molar-refractivity contribution in [3.05, 3.63) is 0 Å². The van der Waals surface area contributed by atoms with Gasteiger partial charge in [-0.05, 0) is 34.1 Å². The maximum Gasteiger partial charge on any atom is 0.305 e. The fraction of sp³-hybridized carbons (Fsp3) is 0.824. The Balaban J connectivity index is 4.85. The Morgan fingerprint density at radius 2 is 1.77 bits per heavy atom. The summed E-state index contributed by atoms with van der Waals surface area (Å²) in [6, 6.07) is -0.524. The van der Waals surface area contributed by atoms with Gasteiger partial charge in [0, 0.05) is 19.3 Å². The highest BCUT2D eigenvalue weighted by atomic mass is 127. The number of carboxylic acids is 1. The number of carbonyl (C=O) groups is 3. The summed E-state index contributed by atoms with van der Waals surface area (Å²) < 4.78 is 8.79. The molecule has 0 saturated carbocycles. The highest BCUT2D eigenvalue weighted by molar-refractivity contribution is 14.1. The molecule has 0 aromatic carbocycles. The van der Waals surface area contributed by atoms with Gasteiger partial charge in [-0.15, -0.1) is 11.8 Å². The van der Waals surface area contributed by atoms with Crippen LogP contribution in [-0.4, -0.2) is 63.2 Å². The van der Waals surface area contributed by atoms with Gasteiger partial charge in [-0.3, -0.25) is 19.7 Å². The number of hydrogen-bond donors (Lipinski definition) is 2. The molecule has 1 atom stereocenters. The van der Waals surface area contributed by atoms with E-state index in [-0.39, 0.29) is 34.7 Å². The van der Waals surface area contributed by atoms with E-state index in [9.17, 15) is 14.4 Å². The van der Waals surface area contributed by atoms with Crippen molar-refractivity contribution in [1.82, 2.24) is 5.32 Å². The lowest BCUT2D eigenvalue weighted by Crippen LogP contribution is -2.51. The number of ether oxygens (including phenoxy) is 2. The van der Waals surface area contributed by atoms with Crippen LogP contribution in [-0.2, 0) is 23.9 Å². The third-order valence-corrected chi connectivity index (χ3v) is 5.04. The normalized spacial score (nSPS) is 13.3. The van der Waals surface area contributed by atoms with Crippen LogP contribution in [0.15, 0.2) is 0 Å². The number of rotatable bonds is 14. The zero-order valence-corrected chi connectivity index (χ0v) is 19.1. The first-order chi connectivity index (χ1) is 11.9. The molecule has 0 heterocycles. The summed E-state index contributed by atoms with van der Waals surface area (Å²) >= 11 is 3.51. The number of thioether (sulfide) groups is 1. The summed E-state index contributed by atoms with van der Waals surface area (Å²) in [7, 11) is 1.53. The lowest BCUT2D eigenvalue weighted by atomic mass is 9.96. The highest BCUT2D eigenvalue weighted by Gasteiger charge is 2.36. The number of carboxylic acid groups (broad SMARTS) is 1. The molecule has 0 radical (unpaired) electrons. The van der Waals surface area contributed by atoms with Crippen LogP contribution < -0.4 is 5.32 Å². The molecule has 0 bridgehead atoms. The van der Waals surface area contributed by atoms with Gasteiger partial charge in [-0.1, -0.05) is 22.6 Å². The number of carbonyl (C=O) groups excluding carboxylic acids is 2. The second-order valence-electron chi connectivity index (χ2n) is 6.79. The number of esters is 1. The van der Waals surface area contributed by atoms with Crippen molar-refractivity contribution in [3.8, 4) is 0 Å². The minimum atomic E-state index is -0.886. The van der Waals surface area contributed by atoms with Crippen LogP contribution in [0.2, 0.25) is 0 Å². The van der Waals surface area contributed by atoms with Crippen molar-refractivity contribution in [2.24, 2.45) is 0 Å². The molecule has 9 heteroatoms. The summed E-state index contributed by atoms with van der Waals surface area (Å²) in [4.78, 5) is 35.5. The lowest BCUT2D eigenvalue weighted by Gasteiger charge is -2.32. The number of hydrogen-bond acceptors (Lipinski definition) is 7. The molecule has 0 aromatic heterocycles. The molecule has 0 rings (SSSR count). The van der Waals surface area contributed by atoms with E-state index in [1.165, 1.54) is 18.9 Å². The Hall–Kier alpha value is -0.390. The fourth-order valence-corrected chi connectivity index (χ4v) is 3.59. The van der Waals surface area contributed by atoms with Crippen LogP contribution in [0.3, 0.4) is 0 Å². The number of Topliss-reactive ketones (excluding diaryl/α,β-unsaturated/α-hetero) is 1. The number of aliphatic carboxylic acids is 1. The average Bonchev–Trinajstić information content (AvgIpc) is 2.49. The Kier molecular flexibility index (Phi) is 12.0. The highest BCUT2D eigenvalue weighted by Crippen LogP contribution is 2.29. The van der Waals surface area contributed by atoms with Crippen molar-refractivity contribution in [2.45, 2.75) is 61.3 Å². The topological polar surface area (TPSA) is 102 Å². The van der Waals surface area contributed by atoms with Gasteiger partial charge in [0.25, 0.3) is 0 Å². The molecular formula is C17H30INO6S. The van der Waals surface area contributed by atoms with Gasteiger partial charge in [0.05, 0.1) is 27.4 Å². The number of alkyl halides is 1. The standard InChI is InChI=1S/C17H30INO6S/c1-16(2,26-11-8-13(20)21)15(23)12(19-17(3,4)18)6-7-14(22)25-10-9-24-5/h12,19H,6-11H2,1-5H3,(H,20,21)/t12-/m0/s1. The first-order valence-electron chi connectivity index (χ1n) is 8.40. The number of methoxy groups -OCH3 is 1. The Labute approximate surface area is 173 Å². The van der Waals surface area contributed by atoms with Crippen LogP contribution in [0.4, 0.5) is 0 Å². The predicted molar refractivity (Wildman–Crippen MR) is 111 cm³/mol. The molecule has 26 heavy (non-hydrogen) atoms. The number of nitrogens with one attached hydrogen (secondary N) is 1. The molecule has 152 valence electrons. The van der Waals surface area contributed by atoms with E-state index >= 15 is 0 Å². The molecule has 0 saturated heterocycles. The monoisotopic (exact) mass is 503 g/mol. The van der Waals surface area contributed by atoms with E-state index < -0.39 is 16.8 Å². The maximum atomic E-state index is 13.0. The summed E-state index contributed by atoms with van der Waals surface area (Å²) in [5, 5.41) is 12.0. The first-order valence-corrected chi connectivity index (χ1v) is 10.5. The van der Waals surface area contributed by atoms with Crippen LogP contribution in [0.1, 0.15) is 47.0 Å². The van der Waals surface area contributed by atoms with Gasteiger partial charge in [0.1, 0.15) is 6.61 Å². The molecular weight excluding hydrogens is 473 g/mol. The van der Waals surface area contributed by atoms with Crippen molar-refractivity contribution in [3.63, 3.8) is 0 Å². The van der Waals surface area contributed by atoms with Crippen molar-refractivity contribution < 1.29 is 29.0 Å². The summed E-state index contributed by atoms with van der Waals surface area (Å²) in [5.41, 5.74) is 0. The Morgan fingerprint density at radius 1 is 1.15 bits per heavy atom. The molecule has 2 N–H and O–H groups in total. The molecule has 0 amide bonds. The zero-order chi connectivity index (χ0) is 20.4. The lowest BCUT2D eigenvalue weighted by molar-refractivity contribution is -0.145. The van der Waals surface area contributed by atoms with Crippen molar-refractivity contribution in [2.75, 3.05) is 26.1 Å². The average molecular weight is 503 g/mol. The van der Waals surface area contributed by atoms with E-state index in [0.29, 0.717) is 18.8 Å². The van der Waals surface area contributed by atoms with E-state index in [1.54, 1.807) is 13.8 Å². The Morgan fingerprint density at radius 3 is 2.27 bits per heavy atom. The van der Waals surface area contributed by atoms with Crippen LogP contribution in [0.5, 0.6) is 0 Å². The largest absolute Gasteiger partial charge is 0.481 e. The first kappa shape index (κ1) is 25.6. The third kappa shape index (κ3) is 12.1. The molecule has 0 unspecified atom stereocenters. The molecule has 0 aromatic rings. The van der Waals surface area contributed by atoms with Crippen LogP contribution in [0, 0.1) is 0 Å². The summed E-state index contributed by atoms with van der Waals surface area (Å²) in [6.45, 7) is 7.97. The van der Waals surface area contributed by atoms with Crippen LogP contribution in [0.25, 0.3) is 0 Å². The van der Waals surface area contributed by atoms with E-state index in [0.717, 1.165) is 0 Å². The van der Waals surface area contributed by atoms with E-state index in [1.807, 2.05) is 13.8 Å². The maximum absolute atomic E-state index is 13.0. The molecule has 0 aliphatic carbocycles. The molecule has 0 spiro atoms. The number of ketones is 1. The molecule has 0 aliphatic rings. The molecule has 7 nitrogen and oxygen atoms in total. The SMILES string of the molecule is COCCOC(=O)CC[C@H](NC(C)(C)I)C(=O)C(C)(C)SCCC(=O)O. The van der Waals surface area contributed by atoms with Gasteiger partial charge in [-0.25, -0.2) is 0 Å². The molecule has 0 aliphatic heterocycles. The van der Waals surface area contributed by atoms with Gasteiger partial charge in [0.15, 0.2) is 5.78 Å². The fourth-order valence-electron chi connectivity index (χ4n) is 2.14. The predicted octanol–water partition coefficient (Wildman–Crippen LogP) is 2.64. The van der Waals surface area contributed by atoms with Gasteiger partial charge >= 0.3 is 11.9 Å². The third-order valence-electron chi connectivity index (χ3n) is 3.39. The zero-order valence-electron chi connectivity index (χ0n) is 16.1. The number of halogens is 1. The smallest absolute Gasteiger partial charge is 0.305 e. The quantitative estimate of drug-likeness (QED) is 0.123. The van der Waals surface area contributed by atoms with Crippen molar-refractivity contribution in [1.29, 1.82) is 0 Å². The van der Waals surface area contributed by atoms with Gasteiger partial charge in [0.2, 0.25) is 0 Å². The molecule has 0 fully saturated rings. The van der Waals surface area contributed by atoms with E-state index in [4.69, 9.17) is 14.6 Å². The van der Waals surface area contributed by atoms with Crippen LogP contribution >= 0.6 is 34.4 Å². The summed E-state index contributed by atoms with van der Waals surface area (Å²) in [6.07, 6.45) is 0.443. The Bertz CT molecular complexity index is 478. The minimum absolute atomic E-state index is 0.00305. The minimum Gasteiger partial charge on any atom is -0.481 e. The second-order valence-corrected chi connectivity index (χ2v) is 11.2. The van der Waals surface area contributed by atoms with Gasteiger partial charge in [-0.2, -0.15) is 0 Å². The second kappa shape index (κ2) is 12.1. The van der Waals surface area contributed by atoms with Gasteiger partial charge < -0.3 is 14.6 Å².